The third kappa shape index (κ3) is 5.48. The molecule has 1 amide bonds. The van der Waals surface area contributed by atoms with Gasteiger partial charge in [-0.05, 0) is 62.2 Å². The molecule has 0 aliphatic carbocycles. The summed E-state index contributed by atoms with van der Waals surface area (Å²) in [6.07, 6.45) is 1.47. The Morgan fingerprint density at radius 3 is 2.29 bits per heavy atom. The Labute approximate surface area is 214 Å². The molecule has 35 heavy (non-hydrogen) atoms. The van der Waals surface area contributed by atoms with Crippen LogP contribution in [0.4, 0.5) is 4.79 Å². The first-order valence-corrected chi connectivity index (χ1v) is 11.8. The lowest BCUT2D eigenvalue weighted by Gasteiger charge is -2.38. The van der Waals surface area contributed by atoms with Gasteiger partial charge in [0.2, 0.25) is 5.88 Å². The summed E-state index contributed by atoms with van der Waals surface area (Å²) in [7, 11) is 0. The van der Waals surface area contributed by atoms with Gasteiger partial charge in [-0.15, -0.1) is 0 Å². The molecular formula is C27H25Cl2N3O3. The third-order valence-electron chi connectivity index (χ3n) is 5.61. The van der Waals surface area contributed by atoms with Crippen LogP contribution in [0.25, 0.3) is 6.08 Å². The summed E-state index contributed by atoms with van der Waals surface area (Å²) in [5.74, 6) is 0.0926. The summed E-state index contributed by atoms with van der Waals surface area (Å²) in [5, 5.41) is 11.1. The molecule has 0 bridgehead atoms. The number of carbonyl (C=O) groups excluding carboxylic acids is 1. The standard InChI is InChI=1S/C27H25Cl2N3O3/c1-27(2,3)35-26(33)32-14-18(12-16-4-8-19(28)9-5-16)24-22(15-32)23(21(13-30)25(31)34-24)17-6-10-20(29)11-7-17/h4-12,23H,14-15,31H2,1-3H3/b18-12+/t23-/m0/s1. The highest BCUT2D eigenvalue weighted by atomic mass is 35.5. The molecule has 2 aromatic rings. The number of allylic oxidation sites excluding steroid dienone is 1. The monoisotopic (exact) mass is 509 g/mol. The fraction of sp³-hybridized carbons (Fsp3) is 0.259. The highest BCUT2D eigenvalue weighted by Gasteiger charge is 2.39. The molecule has 4 rings (SSSR count). The van der Waals surface area contributed by atoms with Crippen molar-refractivity contribution in [3.05, 3.63) is 98.1 Å². The van der Waals surface area contributed by atoms with Gasteiger partial charge in [-0.3, -0.25) is 4.90 Å². The predicted octanol–water partition coefficient (Wildman–Crippen LogP) is 6.39. The molecule has 2 aliphatic heterocycles. The molecule has 0 fully saturated rings. The zero-order valence-electron chi connectivity index (χ0n) is 19.6. The van der Waals surface area contributed by atoms with E-state index in [-0.39, 0.29) is 24.5 Å². The lowest BCUT2D eigenvalue weighted by molar-refractivity contribution is 0.0267. The average Bonchev–Trinajstić information content (AvgIpc) is 2.79. The summed E-state index contributed by atoms with van der Waals surface area (Å²) < 4.78 is 11.7. The van der Waals surface area contributed by atoms with E-state index >= 15 is 0 Å². The molecule has 0 aromatic heterocycles. The first kappa shape index (κ1) is 24.7. The molecule has 2 heterocycles. The summed E-state index contributed by atoms with van der Waals surface area (Å²) >= 11 is 12.2. The SMILES string of the molecule is CC(C)(C)OC(=O)N1CC2=C(OC(N)=C(C#N)[C@@H]2c2ccc(Cl)cc2)/C(=C/c2ccc(Cl)cc2)C1. The van der Waals surface area contributed by atoms with E-state index in [1.165, 1.54) is 0 Å². The van der Waals surface area contributed by atoms with Gasteiger partial charge in [-0.2, -0.15) is 5.26 Å². The molecule has 2 aromatic carbocycles. The van der Waals surface area contributed by atoms with E-state index in [1.807, 2.05) is 51.1 Å². The van der Waals surface area contributed by atoms with Crippen molar-refractivity contribution in [1.29, 1.82) is 5.26 Å². The van der Waals surface area contributed by atoms with E-state index in [0.29, 0.717) is 15.8 Å². The summed E-state index contributed by atoms with van der Waals surface area (Å²) in [6.45, 7) is 5.93. The second-order valence-corrected chi connectivity index (χ2v) is 10.3. The summed E-state index contributed by atoms with van der Waals surface area (Å²) in [6, 6.07) is 16.7. The number of benzene rings is 2. The summed E-state index contributed by atoms with van der Waals surface area (Å²) in [5.41, 5.74) is 9.03. The minimum atomic E-state index is -0.660. The number of halogens is 2. The molecule has 180 valence electrons. The maximum Gasteiger partial charge on any atom is 0.410 e. The minimum absolute atomic E-state index is 0.0407. The van der Waals surface area contributed by atoms with Gasteiger partial charge < -0.3 is 15.2 Å². The highest BCUT2D eigenvalue weighted by Crippen LogP contribution is 2.44. The molecule has 0 saturated heterocycles. The van der Waals surface area contributed by atoms with E-state index in [4.69, 9.17) is 38.4 Å². The van der Waals surface area contributed by atoms with Gasteiger partial charge in [0, 0.05) is 21.2 Å². The lowest BCUT2D eigenvalue weighted by Crippen LogP contribution is -2.43. The second kappa shape index (κ2) is 9.69. The Kier molecular flexibility index (Phi) is 6.84. The number of amides is 1. The average molecular weight is 510 g/mol. The largest absolute Gasteiger partial charge is 0.444 e. The van der Waals surface area contributed by atoms with Crippen LogP contribution >= 0.6 is 23.2 Å². The number of nitrogens with two attached hydrogens (primary N) is 1. The van der Waals surface area contributed by atoms with Gasteiger partial charge in [-0.1, -0.05) is 47.5 Å². The Hall–Kier alpha value is -3.40. The minimum Gasteiger partial charge on any atom is -0.444 e. The highest BCUT2D eigenvalue weighted by molar-refractivity contribution is 6.30. The second-order valence-electron chi connectivity index (χ2n) is 9.39. The topological polar surface area (TPSA) is 88.6 Å². The number of nitrogens with zero attached hydrogens (tertiary/aromatic N) is 2. The third-order valence-corrected chi connectivity index (χ3v) is 6.11. The molecule has 1 atom stereocenters. The van der Waals surface area contributed by atoms with E-state index < -0.39 is 17.6 Å². The van der Waals surface area contributed by atoms with Crippen LogP contribution in [0.15, 0.2) is 76.9 Å². The van der Waals surface area contributed by atoms with E-state index in [9.17, 15) is 10.1 Å². The normalized spacial score (nSPS) is 19.3. The molecule has 0 radical (unpaired) electrons. The van der Waals surface area contributed by atoms with E-state index in [0.717, 1.165) is 22.3 Å². The first-order chi connectivity index (χ1) is 16.6. The van der Waals surface area contributed by atoms with Crippen LogP contribution in [0.3, 0.4) is 0 Å². The Balaban J connectivity index is 1.86. The number of ether oxygens (including phenoxy) is 2. The predicted molar refractivity (Wildman–Crippen MR) is 136 cm³/mol. The van der Waals surface area contributed by atoms with Crippen molar-refractivity contribution in [1.82, 2.24) is 4.90 Å². The van der Waals surface area contributed by atoms with Gasteiger partial charge in [0.15, 0.2) is 0 Å². The molecule has 6 nitrogen and oxygen atoms in total. The van der Waals surface area contributed by atoms with Gasteiger partial charge in [0.25, 0.3) is 0 Å². The summed E-state index contributed by atoms with van der Waals surface area (Å²) in [4.78, 5) is 14.7. The van der Waals surface area contributed by atoms with Crippen LogP contribution in [-0.4, -0.2) is 29.7 Å². The zero-order valence-corrected chi connectivity index (χ0v) is 21.2. The maximum absolute atomic E-state index is 13.1. The first-order valence-electron chi connectivity index (χ1n) is 11.1. The molecule has 2 aliphatic rings. The van der Waals surface area contributed by atoms with Crippen molar-refractivity contribution < 1.29 is 14.3 Å². The van der Waals surface area contributed by atoms with Gasteiger partial charge in [-0.25, -0.2) is 4.79 Å². The number of nitriles is 1. The van der Waals surface area contributed by atoms with Crippen molar-refractivity contribution in [2.75, 3.05) is 13.1 Å². The number of rotatable bonds is 2. The molecular weight excluding hydrogens is 485 g/mol. The van der Waals surface area contributed by atoms with Crippen LogP contribution in [0, 0.1) is 11.3 Å². The molecule has 2 N–H and O–H groups in total. The van der Waals surface area contributed by atoms with E-state index in [2.05, 4.69) is 6.07 Å². The van der Waals surface area contributed by atoms with Crippen molar-refractivity contribution in [2.45, 2.75) is 32.3 Å². The van der Waals surface area contributed by atoms with Crippen LogP contribution in [0.5, 0.6) is 0 Å². The van der Waals surface area contributed by atoms with Crippen molar-refractivity contribution >= 4 is 35.4 Å². The van der Waals surface area contributed by atoms with Gasteiger partial charge in [0.1, 0.15) is 23.0 Å². The Morgan fingerprint density at radius 2 is 1.71 bits per heavy atom. The maximum atomic E-state index is 13.1. The molecule has 0 spiro atoms. The van der Waals surface area contributed by atoms with Crippen molar-refractivity contribution in [2.24, 2.45) is 5.73 Å². The lowest BCUT2D eigenvalue weighted by atomic mass is 9.80. The van der Waals surface area contributed by atoms with Crippen LogP contribution < -0.4 is 5.73 Å². The quantitative estimate of drug-likeness (QED) is 0.506. The number of carbonyl (C=O) groups is 1. The number of hydrogen-bond acceptors (Lipinski definition) is 5. The van der Waals surface area contributed by atoms with Crippen molar-refractivity contribution in [3.63, 3.8) is 0 Å². The zero-order chi connectivity index (χ0) is 25.3. The smallest absolute Gasteiger partial charge is 0.410 e. The van der Waals surface area contributed by atoms with Crippen molar-refractivity contribution in [3.8, 4) is 6.07 Å². The number of hydrogen-bond donors (Lipinski definition) is 1. The fourth-order valence-electron chi connectivity index (χ4n) is 4.12. The van der Waals surface area contributed by atoms with E-state index in [1.54, 1.807) is 29.2 Å². The van der Waals surface area contributed by atoms with Crippen LogP contribution in [0.1, 0.15) is 37.8 Å². The van der Waals surface area contributed by atoms with Gasteiger partial charge >= 0.3 is 6.09 Å². The van der Waals surface area contributed by atoms with Crippen LogP contribution in [0.2, 0.25) is 10.0 Å². The van der Waals surface area contributed by atoms with Gasteiger partial charge in [0.05, 0.1) is 19.0 Å². The Morgan fingerprint density at radius 1 is 1.11 bits per heavy atom. The molecule has 8 heteroatoms. The fourth-order valence-corrected chi connectivity index (χ4v) is 4.37. The molecule has 0 unspecified atom stereocenters. The Bertz CT molecular complexity index is 1280. The molecule has 0 saturated carbocycles. The van der Waals surface area contributed by atoms with Crippen LogP contribution in [-0.2, 0) is 9.47 Å².